The van der Waals surface area contributed by atoms with Crippen molar-refractivity contribution in [3.8, 4) is 0 Å². The zero-order chi connectivity index (χ0) is 7.70. The fourth-order valence-corrected chi connectivity index (χ4v) is 0.671. The van der Waals surface area contributed by atoms with Crippen molar-refractivity contribution in [2.24, 2.45) is 0 Å². The molecule has 0 heterocycles. The summed E-state index contributed by atoms with van der Waals surface area (Å²) in [5.41, 5.74) is 0. The lowest BCUT2D eigenvalue weighted by Crippen LogP contribution is -2.21. The molecule has 0 spiro atoms. The van der Waals surface area contributed by atoms with Crippen molar-refractivity contribution < 1.29 is 0 Å². The first-order chi connectivity index (χ1) is 4.35. The van der Waals surface area contributed by atoms with Crippen molar-refractivity contribution >= 4 is 12.4 Å². The van der Waals surface area contributed by atoms with Crippen LogP contribution in [0.5, 0.6) is 0 Å². The molecule has 1 nitrogen and oxygen atoms in total. The molecule has 0 aliphatic rings. The Kier molecular flexibility index (Phi) is 26.9. The molecule has 10 heavy (non-hydrogen) atoms. The van der Waals surface area contributed by atoms with Gasteiger partial charge in [-0.3, -0.25) is 0 Å². The topological polar surface area (TPSA) is 3.24 Å². The maximum Gasteiger partial charge on any atom is -0.00474 e. The molecule has 0 amide bonds. The highest BCUT2D eigenvalue weighted by molar-refractivity contribution is 5.85. The Balaban J connectivity index is -0.000000149. The highest BCUT2D eigenvalue weighted by atomic mass is 35.5. The largest absolute Gasteiger partial charge is 0.304 e. The Bertz CT molecular complexity index is 30.7. The van der Waals surface area contributed by atoms with Crippen molar-refractivity contribution in [1.29, 1.82) is 0 Å². The lowest BCUT2D eigenvalue weighted by atomic mass is 10.5. The molecule has 0 saturated heterocycles. The lowest BCUT2D eigenvalue weighted by molar-refractivity contribution is 0.321. The smallest absolute Gasteiger partial charge is 0.00474 e. The van der Waals surface area contributed by atoms with Gasteiger partial charge in [0.05, 0.1) is 0 Å². The summed E-state index contributed by atoms with van der Waals surface area (Å²) in [5.74, 6) is 0. The number of rotatable bonds is 3. The van der Waals surface area contributed by atoms with Gasteiger partial charge in [-0.1, -0.05) is 34.6 Å². The van der Waals surface area contributed by atoms with Gasteiger partial charge in [-0.15, -0.1) is 12.4 Å². The molecule has 0 N–H and O–H groups in total. The lowest BCUT2D eigenvalue weighted by Gasteiger charge is -2.13. The van der Waals surface area contributed by atoms with Crippen molar-refractivity contribution in [3.63, 3.8) is 0 Å². The van der Waals surface area contributed by atoms with Gasteiger partial charge in [0.25, 0.3) is 0 Å². The molecular formula is C8H22ClN. The van der Waals surface area contributed by atoms with Gasteiger partial charge in [-0.25, -0.2) is 0 Å². The van der Waals surface area contributed by atoms with Crippen LogP contribution in [0.1, 0.15) is 34.6 Å². The predicted octanol–water partition coefficient (Wildman–Crippen LogP) is 2.80. The predicted molar refractivity (Wildman–Crippen MR) is 52.1 cm³/mol. The standard InChI is InChI=1S/C6H15N.C2H6.ClH/c1-4-7(5-2)6-3;1-2;/h4-6H2,1-3H3;1-2H3;1H. The molecule has 0 aliphatic carbocycles. The SMILES string of the molecule is CC.CCN(CC)CC.Cl. The van der Waals surface area contributed by atoms with Gasteiger partial charge < -0.3 is 4.90 Å². The van der Waals surface area contributed by atoms with Crippen molar-refractivity contribution in [3.05, 3.63) is 0 Å². The van der Waals surface area contributed by atoms with Crippen molar-refractivity contribution in [1.82, 2.24) is 4.90 Å². The Morgan fingerprint density at radius 3 is 1.00 bits per heavy atom. The Morgan fingerprint density at radius 1 is 0.800 bits per heavy atom. The van der Waals surface area contributed by atoms with E-state index in [-0.39, 0.29) is 12.4 Å². The van der Waals surface area contributed by atoms with Gasteiger partial charge in [0.15, 0.2) is 0 Å². The molecule has 0 bridgehead atoms. The summed E-state index contributed by atoms with van der Waals surface area (Å²) in [4.78, 5) is 2.38. The minimum absolute atomic E-state index is 0. The van der Waals surface area contributed by atoms with E-state index in [0.717, 1.165) is 0 Å². The van der Waals surface area contributed by atoms with Crippen LogP contribution in [0.25, 0.3) is 0 Å². The first-order valence-electron chi connectivity index (χ1n) is 4.07. The van der Waals surface area contributed by atoms with E-state index in [1.807, 2.05) is 13.8 Å². The van der Waals surface area contributed by atoms with Crippen LogP contribution in [-0.2, 0) is 0 Å². The average Bonchev–Trinajstić information content (AvgIpc) is 1.96. The molecule has 0 aromatic rings. The maximum atomic E-state index is 2.38. The van der Waals surface area contributed by atoms with Crippen LogP contribution in [0, 0.1) is 0 Å². The van der Waals surface area contributed by atoms with Crippen LogP contribution >= 0.6 is 12.4 Å². The third-order valence-corrected chi connectivity index (χ3v) is 1.34. The van der Waals surface area contributed by atoms with Gasteiger partial charge in [-0.05, 0) is 19.6 Å². The van der Waals surface area contributed by atoms with Crippen LogP contribution < -0.4 is 0 Å². The summed E-state index contributed by atoms with van der Waals surface area (Å²) in [6.07, 6.45) is 0. The summed E-state index contributed by atoms with van der Waals surface area (Å²) in [6, 6.07) is 0. The first-order valence-corrected chi connectivity index (χ1v) is 4.07. The van der Waals surface area contributed by atoms with Gasteiger partial charge in [0, 0.05) is 0 Å². The fraction of sp³-hybridized carbons (Fsp3) is 1.00. The van der Waals surface area contributed by atoms with E-state index in [4.69, 9.17) is 0 Å². The van der Waals surface area contributed by atoms with Crippen molar-refractivity contribution in [2.75, 3.05) is 19.6 Å². The van der Waals surface area contributed by atoms with E-state index in [9.17, 15) is 0 Å². The van der Waals surface area contributed by atoms with E-state index < -0.39 is 0 Å². The summed E-state index contributed by atoms with van der Waals surface area (Å²) >= 11 is 0. The van der Waals surface area contributed by atoms with E-state index in [1.165, 1.54) is 19.6 Å². The molecular weight excluding hydrogens is 146 g/mol. The van der Waals surface area contributed by atoms with E-state index in [2.05, 4.69) is 25.7 Å². The van der Waals surface area contributed by atoms with Crippen LogP contribution in [0.2, 0.25) is 0 Å². The normalized spacial score (nSPS) is 7.80. The Labute approximate surface area is 72.2 Å². The van der Waals surface area contributed by atoms with Crippen LogP contribution in [0.3, 0.4) is 0 Å². The third-order valence-electron chi connectivity index (χ3n) is 1.34. The van der Waals surface area contributed by atoms with E-state index >= 15 is 0 Å². The molecule has 0 atom stereocenters. The van der Waals surface area contributed by atoms with Crippen LogP contribution in [-0.4, -0.2) is 24.5 Å². The summed E-state index contributed by atoms with van der Waals surface area (Å²) in [7, 11) is 0. The fourth-order valence-electron chi connectivity index (χ4n) is 0.671. The molecule has 0 aliphatic heterocycles. The summed E-state index contributed by atoms with van der Waals surface area (Å²) in [6.45, 7) is 14.1. The van der Waals surface area contributed by atoms with E-state index in [1.54, 1.807) is 0 Å². The van der Waals surface area contributed by atoms with Crippen LogP contribution in [0.4, 0.5) is 0 Å². The third kappa shape index (κ3) is 11.1. The number of nitrogens with zero attached hydrogens (tertiary/aromatic N) is 1. The molecule has 0 saturated carbocycles. The first kappa shape index (κ1) is 16.7. The minimum atomic E-state index is 0. The minimum Gasteiger partial charge on any atom is -0.304 e. The monoisotopic (exact) mass is 167 g/mol. The zero-order valence-electron chi connectivity index (χ0n) is 7.98. The van der Waals surface area contributed by atoms with Gasteiger partial charge in [0.1, 0.15) is 0 Å². The number of hydrogen-bond donors (Lipinski definition) is 0. The quantitative estimate of drug-likeness (QED) is 0.625. The van der Waals surface area contributed by atoms with Crippen molar-refractivity contribution in [2.45, 2.75) is 34.6 Å². The molecule has 0 rings (SSSR count). The Morgan fingerprint density at radius 2 is 1.00 bits per heavy atom. The molecule has 0 unspecified atom stereocenters. The number of halogens is 1. The highest BCUT2D eigenvalue weighted by Crippen LogP contribution is 1.81. The summed E-state index contributed by atoms with van der Waals surface area (Å²) in [5, 5.41) is 0. The molecule has 0 radical (unpaired) electrons. The van der Waals surface area contributed by atoms with E-state index in [0.29, 0.717) is 0 Å². The highest BCUT2D eigenvalue weighted by Gasteiger charge is 1.89. The zero-order valence-corrected chi connectivity index (χ0v) is 8.79. The van der Waals surface area contributed by atoms with Gasteiger partial charge in [-0.2, -0.15) is 0 Å². The average molecular weight is 168 g/mol. The second-order valence-corrected chi connectivity index (χ2v) is 1.62. The molecule has 2 heteroatoms. The van der Waals surface area contributed by atoms with Gasteiger partial charge in [0.2, 0.25) is 0 Å². The molecule has 0 aromatic carbocycles. The summed E-state index contributed by atoms with van der Waals surface area (Å²) < 4.78 is 0. The molecule has 0 aromatic heterocycles. The number of hydrogen-bond acceptors (Lipinski definition) is 1. The van der Waals surface area contributed by atoms with Gasteiger partial charge >= 0.3 is 0 Å². The second kappa shape index (κ2) is 16.1. The van der Waals surface area contributed by atoms with Crippen LogP contribution in [0.15, 0.2) is 0 Å². The molecule has 66 valence electrons. The maximum absolute atomic E-state index is 2.38. The molecule has 0 fully saturated rings. The Hall–Kier alpha value is 0.250. The second-order valence-electron chi connectivity index (χ2n) is 1.62.